The smallest absolute Gasteiger partial charge is 0.115 e. The number of hydrogen-bond acceptors (Lipinski definition) is 4. The maximum absolute atomic E-state index is 8.52. The molecule has 0 atom stereocenters. The van der Waals surface area contributed by atoms with E-state index in [1.54, 1.807) is 12.4 Å². The molecule has 1 heterocycles. The number of rotatable bonds is 5. The van der Waals surface area contributed by atoms with Crippen LogP contribution in [0.25, 0.3) is 0 Å². The summed E-state index contributed by atoms with van der Waals surface area (Å²) in [6, 6.07) is 2.17. The van der Waals surface area contributed by atoms with E-state index in [1.165, 1.54) is 6.33 Å². The van der Waals surface area contributed by atoms with Crippen molar-refractivity contribution in [2.75, 3.05) is 11.9 Å². The van der Waals surface area contributed by atoms with Crippen LogP contribution in [0.3, 0.4) is 0 Å². The van der Waals surface area contributed by atoms with Crippen LogP contribution in [-0.2, 0) is 0 Å². The molecule has 1 rings (SSSR count). The lowest BCUT2D eigenvalue weighted by molar-refractivity contribution is 0.363. The van der Waals surface area contributed by atoms with Crippen molar-refractivity contribution < 1.29 is 0 Å². The van der Waals surface area contributed by atoms with Crippen LogP contribution in [0.1, 0.15) is 26.7 Å². The molecule has 80 valence electrons. The lowest BCUT2D eigenvalue weighted by Gasteiger charge is -2.24. The molecule has 0 aliphatic heterocycles. The van der Waals surface area contributed by atoms with Crippen LogP contribution in [0, 0.1) is 16.7 Å². The average Bonchev–Trinajstić information content (AvgIpc) is 2.25. The summed E-state index contributed by atoms with van der Waals surface area (Å²) >= 11 is 0. The number of nitrogens with zero attached hydrogens (tertiary/aromatic N) is 3. The predicted molar refractivity (Wildman–Crippen MR) is 59.1 cm³/mol. The number of nitrogens with one attached hydrogen (secondary N) is 1. The first kappa shape index (κ1) is 11.4. The fourth-order valence-electron chi connectivity index (χ4n) is 1.21. The first-order valence-corrected chi connectivity index (χ1v) is 5.00. The molecule has 0 saturated carbocycles. The lowest BCUT2D eigenvalue weighted by atomic mass is 9.88. The summed E-state index contributed by atoms with van der Waals surface area (Å²) in [7, 11) is 0. The molecule has 4 nitrogen and oxygen atoms in total. The number of nitriles is 1. The van der Waals surface area contributed by atoms with Crippen LogP contribution in [0.4, 0.5) is 5.69 Å². The lowest BCUT2D eigenvalue weighted by Crippen LogP contribution is -2.22. The van der Waals surface area contributed by atoms with Crippen molar-refractivity contribution >= 4 is 5.69 Å². The standard InChI is InChI=1S/C11H16N4/c1-11(2,4-3-5-12)8-15-10-6-13-9-14-7-10/h6-7,9,15H,3-4,8H2,1-2H3. The Balaban J connectivity index is 2.40. The molecule has 0 aromatic carbocycles. The van der Waals surface area contributed by atoms with Crippen LogP contribution in [0.2, 0.25) is 0 Å². The van der Waals surface area contributed by atoms with Crippen molar-refractivity contribution in [1.29, 1.82) is 5.26 Å². The normalized spacial score (nSPS) is 10.7. The fourth-order valence-corrected chi connectivity index (χ4v) is 1.21. The molecule has 0 aliphatic rings. The molecule has 4 heteroatoms. The monoisotopic (exact) mass is 204 g/mol. The minimum atomic E-state index is 0.117. The molecule has 15 heavy (non-hydrogen) atoms. The molecule has 0 amide bonds. The Kier molecular flexibility index (Phi) is 4.04. The largest absolute Gasteiger partial charge is 0.382 e. The second kappa shape index (κ2) is 5.30. The summed E-state index contributed by atoms with van der Waals surface area (Å²) in [4.78, 5) is 7.84. The Bertz CT molecular complexity index is 326. The molecule has 0 saturated heterocycles. The van der Waals surface area contributed by atoms with E-state index in [4.69, 9.17) is 5.26 Å². The number of hydrogen-bond donors (Lipinski definition) is 1. The number of aromatic nitrogens is 2. The van der Waals surface area contributed by atoms with Crippen LogP contribution < -0.4 is 5.32 Å². The van der Waals surface area contributed by atoms with Crippen LogP contribution in [-0.4, -0.2) is 16.5 Å². The summed E-state index contributed by atoms with van der Waals surface area (Å²) < 4.78 is 0. The van der Waals surface area contributed by atoms with Gasteiger partial charge in [-0.1, -0.05) is 13.8 Å². The fraction of sp³-hybridized carbons (Fsp3) is 0.545. The van der Waals surface area contributed by atoms with Crippen molar-refractivity contribution in [2.24, 2.45) is 5.41 Å². The van der Waals surface area contributed by atoms with E-state index < -0.39 is 0 Å². The van der Waals surface area contributed by atoms with Crippen molar-refractivity contribution in [3.05, 3.63) is 18.7 Å². The highest BCUT2D eigenvalue weighted by Gasteiger charge is 2.16. The van der Waals surface area contributed by atoms with Crippen molar-refractivity contribution in [2.45, 2.75) is 26.7 Å². The Morgan fingerprint density at radius 3 is 2.67 bits per heavy atom. The van der Waals surface area contributed by atoms with E-state index >= 15 is 0 Å². The van der Waals surface area contributed by atoms with Crippen LogP contribution in [0.5, 0.6) is 0 Å². The minimum Gasteiger partial charge on any atom is -0.382 e. The topological polar surface area (TPSA) is 61.6 Å². The molecule has 1 N–H and O–H groups in total. The molecular formula is C11H16N4. The summed E-state index contributed by atoms with van der Waals surface area (Å²) in [6.07, 6.45) is 6.48. The van der Waals surface area contributed by atoms with Gasteiger partial charge in [-0.25, -0.2) is 9.97 Å². The highest BCUT2D eigenvalue weighted by Crippen LogP contribution is 2.22. The molecular weight excluding hydrogens is 188 g/mol. The SMILES string of the molecule is CC(C)(CCC#N)CNc1cncnc1. The van der Waals surface area contributed by atoms with E-state index in [0.717, 1.165) is 18.7 Å². The van der Waals surface area contributed by atoms with Gasteiger partial charge in [-0.2, -0.15) is 5.26 Å². The summed E-state index contributed by atoms with van der Waals surface area (Å²) in [5.41, 5.74) is 1.04. The zero-order valence-electron chi connectivity index (χ0n) is 9.20. The van der Waals surface area contributed by atoms with Gasteiger partial charge in [0, 0.05) is 13.0 Å². The predicted octanol–water partition coefficient (Wildman–Crippen LogP) is 2.22. The van der Waals surface area contributed by atoms with E-state index in [0.29, 0.717) is 6.42 Å². The van der Waals surface area contributed by atoms with Gasteiger partial charge < -0.3 is 5.32 Å². The van der Waals surface area contributed by atoms with Crippen LogP contribution >= 0.6 is 0 Å². The van der Waals surface area contributed by atoms with Crippen molar-refractivity contribution in [3.8, 4) is 6.07 Å². The summed E-state index contributed by atoms with van der Waals surface area (Å²) in [6.45, 7) is 5.10. The molecule has 0 bridgehead atoms. The Hall–Kier alpha value is -1.63. The molecule has 0 aliphatic carbocycles. The first-order valence-electron chi connectivity index (χ1n) is 5.00. The second-order valence-corrected chi connectivity index (χ2v) is 4.30. The van der Waals surface area contributed by atoms with E-state index in [-0.39, 0.29) is 5.41 Å². The summed E-state index contributed by atoms with van der Waals surface area (Å²) in [5, 5.41) is 11.8. The third kappa shape index (κ3) is 4.41. The molecule has 1 aromatic heterocycles. The minimum absolute atomic E-state index is 0.117. The highest BCUT2D eigenvalue weighted by atomic mass is 14.9. The van der Waals surface area contributed by atoms with E-state index in [2.05, 4.69) is 35.2 Å². The third-order valence-electron chi connectivity index (χ3n) is 2.25. The maximum atomic E-state index is 8.52. The molecule has 0 fully saturated rings. The van der Waals surface area contributed by atoms with Gasteiger partial charge in [0.2, 0.25) is 0 Å². The van der Waals surface area contributed by atoms with E-state index in [9.17, 15) is 0 Å². The van der Waals surface area contributed by atoms with Gasteiger partial charge in [-0.15, -0.1) is 0 Å². The Morgan fingerprint density at radius 1 is 1.40 bits per heavy atom. The van der Waals surface area contributed by atoms with Gasteiger partial charge in [0.25, 0.3) is 0 Å². The quantitative estimate of drug-likeness (QED) is 0.798. The summed E-state index contributed by atoms with van der Waals surface area (Å²) in [5.74, 6) is 0. The maximum Gasteiger partial charge on any atom is 0.115 e. The molecule has 0 radical (unpaired) electrons. The Morgan fingerprint density at radius 2 is 2.07 bits per heavy atom. The third-order valence-corrected chi connectivity index (χ3v) is 2.25. The zero-order chi connectivity index (χ0) is 11.1. The van der Waals surface area contributed by atoms with Gasteiger partial charge >= 0.3 is 0 Å². The van der Waals surface area contributed by atoms with Gasteiger partial charge in [0.05, 0.1) is 24.2 Å². The molecule has 0 spiro atoms. The first-order chi connectivity index (χ1) is 7.14. The molecule has 1 aromatic rings. The van der Waals surface area contributed by atoms with Crippen LogP contribution in [0.15, 0.2) is 18.7 Å². The molecule has 0 unspecified atom stereocenters. The van der Waals surface area contributed by atoms with Gasteiger partial charge in [-0.05, 0) is 11.8 Å². The second-order valence-electron chi connectivity index (χ2n) is 4.30. The van der Waals surface area contributed by atoms with Gasteiger partial charge in [0.15, 0.2) is 0 Å². The Labute approximate surface area is 90.4 Å². The zero-order valence-corrected chi connectivity index (χ0v) is 9.20. The van der Waals surface area contributed by atoms with Crippen molar-refractivity contribution in [3.63, 3.8) is 0 Å². The van der Waals surface area contributed by atoms with Crippen molar-refractivity contribution in [1.82, 2.24) is 9.97 Å². The highest BCUT2D eigenvalue weighted by molar-refractivity contribution is 5.37. The average molecular weight is 204 g/mol. The van der Waals surface area contributed by atoms with E-state index in [1.807, 2.05) is 0 Å². The number of anilines is 1. The van der Waals surface area contributed by atoms with Gasteiger partial charge in [0.1, 0.15) is 6.33 Å². The van der Waals surface area contributed by atoms with Gasteiger partial charge in [-0.3, -0.25) is 0 Å².